The minimum Gasteiger partial charge on any atom is -0.325 e. The van der Waals surface area contributed by atoms with Gasteiger partial charge in [0, 0.05) is 30.4 Å². The van der Waals surface area contributed by atoms with Crippen molar-refractivity contribution >= 4 is 22.5 Å². The quantitative estimate of drug-likeness (QED) is 0.446. The predicted molar refractivity (Wildman–Crippen MR) is 127 cm³/mol. The molecule has 1 saturated carbocycles. The molecular weight excluding hydrogens is 416 g/mol. The maximum absolute atomic E-state index is 13.0. The summed E-state index contributed by atoms with van der Waals surface area (Å²) < 4.78 is 1.78. The van der Waals surface area contributed by atoms with Crippen molar-refractivity contribution in [1.82, 2.24) is 24.7 Å². The standard InChI is InChI=1S/C25H26N6O2/c1-15(2)23-28-24(30-29-23)17-7-3-5-9-19(17)27-22(32)14-13-21-26-20-10-6-4-8-18(20)25(33)31(21)16-11-12-16/h3-10,15-16H,11-14H2,1-2H3,(H,27,32)(H,28,29,30). The van der Waals surface area contributed by atoms with Gasteiger partial charge in [0.25, 0.3) is 5.56 Å². The van der Waals surface area contributed by atoms with Crippen LogP contribution in [0, 0.1) is 0 Å². The second kappa shape index (κ2) is 8.61. The van der Waals surface area contributed by atoms with Gasteiger partial charge in [0.1, 0.15) is 11.6 Å². The maximum atomic E-state index is 13.0. The van der Waals surface area contributed by atoms with Gasteiger partial charge in [-0.2, -0.15) is 5.10 Å². The van der Waals surface area contributed by atoms with E-state index >= 15 is 0 Å². The number of aromatic nitrogens is 5. The normalized spacial score (nSPS) is 13.5. The van der Waals surface area contributed by atoms with Gasteiger partial charge in [0.15, 0.2) is 5.82 Å². The summed E-state index contributed by atoms with van der Waals surface area (Å²) in [5, 5.41) is 10.9. The first-order valence-corrected chi connectivity index (χ1v) is 11.3. The number of para-hydroxylation sites is 2. The fourth-order valence-electron chi connectivity index (χ4n) is 3.96. The molecule has 2 heterocycles. The van der Waals surface area contributed by atoms with E-state index in [0.717, 1.165) is 24.2 Å². The summed E-state index contributed by atoms with van der Waals surface area (Å²) in [4.78, 5) is 35.1. The van der Waals surface area contributed by atoms with Gasteiger partial charge in [0.2, 0.25) is 5.91 Å². The fourth-order valence-corrected chi connectivity index (χ4v) is 3.96. The summed E-state index contributed by atoms with van der Waals surface area (Å²) in [6.45, 7) is 4.08. The highest BCUT2D eigenvalue weighted by Gasteiger charge is 2.28. The first kappa shape index (κ1) is 21.1. The molecule has 2 aromatic heterocycles. The highest BCUT2D eigenvalue weighted by atomic mass is 16.1. The third kappa shape index (κ3) is 4.28. The zero-order chi connectivity index (χ0) is 22.9. The van der Waals surface area contributed by atoms with Crippen LogP contribution in [0.25, 0.3) is 22.3 Å². The van der Waals surface area contributed by atoms with Crippen LogP contribution in [-0.4, -0.2) is 30.6 Å². The van der Waals surface area contributed by atoms with Crippen LogP contribution in [-0.2, 0) is 11.2 Å². The van der Waals surface area contributed by atoms with Crippen molar-refractivity contribution in [3.05, 3.63) is 70.5 Å². The number of rotatable bonds is 7. The molecule has 2 N–H and O–H groups in total. The molecule has 0 spiro atoms. The van der Waals surface area contributed by atoms with Gasteiger partial charge < -0.3 is 5.32 Å². The number of carbonyl (C=O) groups is 1. The third-order valence-corrected chi connectivity index (χ3v) is 5.86. The molecule has 0 atom stereocenters. The fraction of sp³-hybridized carbons (Fsp3) is 0.320. The SMILES string of the molecule is CC(C)c1nc(-c2ccccc2NC(=O)CCc2nc3ccccc3c(=O)n2C2CC2)n[nH]1. The molecule has 1 aliphatic rings. The van der Waals surface area contributed by atoms with Crippen LogP contribution in [0.1, 0.15) is 56.7 Å². The van der Waals surface area contributed by atoms with Gasteiger partial charge >= 0.3 is 0 Å². The molecule has 1 amide bonds. The summed E-state index contributed by atoms with van der Waals surface area (Å²) in [6.07, 6.45) is 2.56. The number of hydrogen-bond donors (Lipinski definition) is 2. The van der Waals surface area contributed by atoms with Crippen LogP contribution >= 0.6 is 0 Å². The molecule has 168 valence electrons. The lowest BCUT2D eigenvalue weighted by molar-refractivity contribution is -0.116. The second-order valence-corrected chi connectivity index (χ2v) is 8.74. The van der Waals surface area contributed by atoms with E-state index < -0.39 is 0 Å². The number of fused-ring (bicyclic) bond motifs is 1. The second-order valence-electron chi connectivity index (χ2n) is 8.74. The van der Waals surface area contributed by atoms with Crippen LogP contribution in [0.4, 0.5) is 5.69 Å². The Morgan fingerprint density at radius 1 is 1.12 bits per heavy atom. The van der Waals surface area contributed by atoms with Crippen LogP contribution in [0.5, 0.6) is 0 Å². The Morgan fingerprint density at radius 2 is 1.88 bits per heavy atom. The van der Waals surface area contributed by atoms with Crippen molar-refractivity contribution in [1.29, 1.82) is 0 Å². The zero-order valence-electron chi connectivity index (χ0n) is 18.7. The van der Waals surface area contributed by atoms with Crippen molar-refractivity contribution in [3.8, 4) is 11.4 Å². The number of nitrogens with one attached hydrogen (secondary N) is 2. The van der Waals surface area contributed by atoms with Crippen LogP contribution in [0.3, 0.4) is 0 Å². The van der Waals surface area contributed by atoms with E-state index in [2.05, 4.69) is 20.5 Å². The summed E-state index contributed by atoms with van der Waals surface area (Å²) in [7, 11) is 0. The summed E-state index contributed by atoms with van der Waals surface area (Å²) in [6, 6.07) is 15.1. The van der Waals surface area contributed by atoms with Crippen molar-refractivity contribution in [2.45, 2.75) is 51.5 Å². The van der Waals surface area contributed by atoms with Gasteiger partial charge in [-0.3, -0.25) is 19.3 Å². The number of carbonyl (C=O) groups excluding carboxylic acids is 1. The predicted octanol–water partition coefficient (Wildman–Crippen LogP) is 4.21. The van der Waals surface area contributed by atoms with Crippen LogP contribution in [0.15, 0.2) is 53.3 Å². The molecule has 0 aliphatic heterocycles. The Labute approximate surface area is 191 Å². The number of nitrogens with zero attached hydrogens (tertiary/aromatic N) is 4. The lowest BCUT2D eigenvalue weighted by Gasteiger charge is -2.13. The number of amides is 1. The van der Waals surface area contributed by atoms with Gasteiger partial charge in [-0.05, 0) is 37.1 Å². The van der Waals surface area contributed by atoms with Gasteiger partial charge in [-0.15, -0.1) is 0 Å². The number of aryl methyl sites for hydroxylation is 1. The molecule has 8 nitrogen and oxygen atoms in total. The Kier molecular flexibility index (Phi) is 5.50. The first-order chi connectivity index (χ1) is 16.0. The van der Waals surface area contributed by atoms with Crippen molar-refractivity contribution in [3.63, 3.8) is 0 Å². The molecule has 4 aromatic rings. The molecule has 2 aromatic carbocycles. The lowest BCUT2D eigenvalue weighted by atomic mass is 10.1. The van der Waals surface area contributed by atoms with E-state index in [1.54, 1.807) is 4.57 Å². The topological polar surface area (TPSA) is 106 Å². The third-order valence-electron chi connectivity index (χ3n) is 5.86. The Balaban J connectivity index is 1.36. The summed E-state index contributed by atoms with van der Waals surface area (Å²) >= 11 is 0. The zero-order valence-corrected chi connectivity index (χ0v) is 18.7. The summed E-state index contributed by atoms with van der Waals surface area (Å²) in [5.74, 6) is 2.10. The van der Waals surface area contributed by atoms with Crippen molar-refractivity contribution in [2.24, 2.45) is 0 Å². The minimum absolute atomic E-state index is 0.0191. The average molecular weight is 443 g/mol. The molecule has 0 unspecified atom stereocenters. The molecule has 1 aliphatic carbocycles. The molecule has 0 bridgehead atoms. The number of H-pyrrole nitrogens is 1. The van der Waals surface area contributed by atoms with E-state index in [1.807, 2.05) is 62.4 Å². The Hall–Kier alpha value is -3.81. The smallest absolute Gasteiger partial charge is 0.261 e. The largest absolute Gasteiger partial charge is 0.325 e. The van der Waals surface area contributed by atoms with E-state index in [1.165, 1.54) is 0 Å². The van der Waals surface area contributed by atoms with Gasteiger partial charge in [-0.1, -0.05) is 38.1 Å². The molecule has 5 rings (SSSR count). The average Bonchev–Trinajstić information content (AvgIpc) is 3.52. The Morgan fingerprint density at radius 3 is 2.64 bits per heavy atom. The van der Waals surface area contributed by atoms with Crippen molar-refractivity contribution in [2.75, 3.05) is 5.32 Å². The number of hydrogen-bond acceptors (Lipinski definition) is 5. The lowest BCUT2D eigenvalue weighted by Crippen LogP contribution is -2.25. The first-order valence-electron chi connectivity index (χ1n) is 11.3. The van der Waals surface area contributed by atoms with Gasteiger partial charge in [-0.25, -0.2) is 9.97 Å². The number of anilines is 1. The van der Waals surface area contributed by atoms with E-state index in [9.17, 15) is 9.59 Å². The molecule has 1 fully saturated rings. The molecule has 33 heavy (non-hydrogen) atoms. The Bertz CT molecular complexity index is 1380. The molecule has 0 saturated heterocycles. The monoisotopic (exact) mass is 442 g/mol. The highest BCUT2D eigenvalue weighted by molar-refractivity contribution is 5.94. The van der Waals surface area contributed by atoms with E-state index in [4.69, 9.17) is 4.98 Å². The van der Waals surface area contributed by atoms with Crippen LogP contribution < -0.4 is 10.9 Å². The van der Waals surface area contributed by atoms with Crippen LogP contribution in [0.2, 0.25) is 0 Å². The number of aromatic amines is 1. The number of benzene rings is 2. The summed E-state index contributed by atoms with van der Waals surface area (Å²) in [5.41, 5.74) is 2.07. The highest BCUT2D eigenvalue weighted by Crippen LogP contribution is 2.35. The molecular formula is C25H26N6O2. The van der Waals surface area contributed by atoms with Gasteiger partial charge in [0.05, 0.1) is 16.6 Å². The molecule has 0 radical (unpaired) electrons. The van der Waals surface area contributed by atoms with E-state index in [-0.39, 0.29) is 29.8 Å². The molecule has 8 heteroatoms. The minimum atomic E-state index is -0.146. The van der Waals surface area contributed by atoms with E-state index in [0.29, 0.717) is 34.7 Å². The maximum Gasteiger partial charge on any atom is 0.261 e. The van der Waals surface area contributed by atoms with Crippen molar-refractivity contribution < 1.29 is 4.79 Å².